The van der Waals surface area contributed by atoms with Crippen LogP contribution in [0.15, 0.2) is 12.2 Å². The lowest BCUT2D eigenvalue weighted by atomic mass is 10.3. The highest BCUT2D eigenvalue weighted by atomic mass is 32.2. The summed E-state index contributed by atoms with van der Waals surface area (Å²) in [6, 6.07) is 0. The molecule has 136 valence electrons. The predicted octanol–water partition coefficient (Wildman–Crippen LogP) is 2.69. The molecule has 0 aliphatic heterocycles. The smallest absolute Gasteiger partial charge is 0.461 e. The van der Waals surface area contributed by atoms with Gasteiger partial charge in [-0.25, -0.2) is 13.2 Å². The molecule has 0 unspecified atom stereocenters. The van der Waals surface area contributed by atoms with Crippen LogP contribution in [0.3, 0.4) is 0 Å². The van der Waals surface area contributed by atoms with E-state index < -0.39 is 47.1 Å². The molecule has 0 aliphatic rings. The van der Waals surface area contributed by atoms with E-state index in [4.69, 9.17) is 0 Å². The number of sulfonamides is 1. The van der Waals surface area contributed by atoms with Gasteiger partial charge in [0.25, 0.3) is 10.0 Å². The molecular weight excluding hydrogens is 349 g/mol. The molecule has 0 radical (unpaired) electrons. The molecule has 0 bridgehead atoms. The third-order valence-corrected chi connectivity index (χ3v) is 4.60. The number of carbonyl (C=O) groups is 1. The van der Waals surface area contributed by atoms with Crippen molar-refractivity contribution in [3.05, 3.63) is 12.2 Å². The molecule has 0 N–H and O–H groups in total. The summed E-state index contributed by atoms with van der Waals surface area (Å²) in [6.07, 6.45) is -5.80. The number of carbonyl (C=O) groups excluding carboxylic acids is 1. The SMILES string of the molecule is C=C(C)C(=O)OCCN(CCCC)S(=O)(=O)C(F)(F)C(F)(F)F. The quantitative estimate of drug-likeness (QED) is 0.357. The molecule has 0 aromatic heterocycles. The Bertz CT molecular complexity index is 530. The molecule has 0 fully saturated rings. The first-order chi connectivity index (χ1) is 10.3. The molecule has 0 aliphatic carbocycles. The lowest BCUT2D eigenvalue weighted by Gasteiger charge is -2.28. The van der Waals surface area contributed by atoms with Crippen LogP contribution in [0.2, 0.25) is 0 Å². The third-order valence-electron chi connectivity index (χ3n) is 2.68. The number of ether oxygens (including phenoxy) is 1. The van der Waals surface area contributed by atoms with Gasteiger partial charge in [-0.2, -0.15) is 26.3 Å². The van der Waals surface area contributed by atoms with Gasteiger partial charge >= 0.3 is 17.4 Å². The fourth-order valence-electron chi connectivity index (χ4n) is 1.36. The zero-order valence-electron chi connectivity index (χ0n) is 12.6. The number of hydrogen-bond acceptors (Lipinski definition) is 4. The number of esters is 1. The molecule has 0 saturated carbocycles. The maximum atomic E-state index is 13.2. The zero-order valence-corrected chi connectivity index (χ0v) is 13.4. The number of nitrogens with zero attached hydrogens (tertiary/aromatic N) is 1. The second-order valence-corrected chi connectivity index (χ2v) is 6.67. The minimum absolute atomic E-state index is 0.0182. The standard InChI is InChI=1S/C12H18F5NO4S/c1-4-5-6-18(7-8-22-10(19)9(2)3)23(20,21)12(16,17)11(13,14)15/h2,4-8H2,1,3H3. The highest BCUT2D eigenvalue weighted by molar-refractivity contribution is 7.90. The van der Waals surface area contributed by atoms with Crippen LogP contribution in [-0.2, 0) is 19.6 Å². The van der Waals surface area contributed by atoms with E-state index in [1.807, 2.05) is 0 Å². The molecule has 11 heteroatoms. The molecule has 5 nitrogen and oxygen atoms in total. The average molecular weight is 367 g/mol. The van der Waals surface area contributed by atoms with E-state index in [-0.39, 0.29) is 16.3 Å². The monoisotopic (exact) mass is 367 g/mol. The molecule has 0 atom stereocenters. The molecule has 0 amide bonds. The van der Waals surface area contributed by atoms with Gasteiger partial charge in [-0.3, -0.25) is 0 Å². The fourth-order valence-corrected chi connectivity index (χ4v) is 2.66. The van der Waals surface area contributed by atoms with Crippen molar-refractivity contribution in [2.24, 2.45) is 0 Å². The summed E-state index contributed by atoms with van der Waals surface area (Å²) < 4.78 is 91.1. The molecule has 0 saturated heterocycles. The van der Waals surface area contributed by atoms with Crippen molar-refractivity contribution in [2.75, 3.05) is 19.7 Å². The Balaban J connectivity index is 5.23. The molecule has 23 heavy (non-hydrogen) atoms. The third kappa shape index (κ3) is 5.41. The summed E-state index contributed by atoms with van der Waals surface area (Å²) in [6.45, 7) is 4.13. The number of halogens is 5. The molecule has 0 aromatic carbocycles. The van der Waals surface area contributed by atoms with Crippen molar-refractivity contribution in [1.82, 2.24) is 4.31 Å². The minimum Gasteiger partial charge on any atom is -0.461 e. The van der Waals surface area contributed by atoms with E-state index in [2.05, 4.69) is 11.3 Å². The molecule has 0 spiro atoms. The van der Waals surface area contributed by atoms with Gasteiger partial charge in [-0.05, 0) is 13.3 Å². The van der Waals surface area contributed by atoms with Gasteiger partial charge in [0.2, 0.25) is 0 Å². The van der Waals surface area contributed by atoms with Crippen molar-refractivity contribution in [3.63, 3.8) is 0 Å². The Morgan fingerprint density at radius 1 is 1.17 bits per heavy atom. The van der Waals surface area contributed by atoms with Crippen LogP contribution in [0, 0.1) is 0 Å². The fraction of sp³-hybridized carbons (Fsp3) is 0.750. The van der Waals surface area contributed by atoms with Gasteiger partial charge in [-0.1, -0.05) is 19.9 Å². The maximum Gasteiger partial charge on any atom is 0.470 e. The van der Waals surface area contributed by atoms with Crippen LogP contribution in [0.4, 0.5) is 22.0 Å². The largest absolute Gasteiger partial charge is 0.470 e. The zero-order chi connectivity index (χ0) is 18.5. The minimum atomic E-state index is -6.25. The normalized spacial score (nSPS) is 13.2. The van der Waals surface area contributed by atoms with Crippen LogP contribution < -0.4 is 0 Å². The predicted molar refractivity (Wildman–Crippen MR) is 72.2 cm³/mol. The van der Waals surface area contributed by atoms with Gasteiger partial charge in [-0.15, -0.1) is 0 Å². The van der Waals surface area contributed by atoms with E-state index >= 15 is 0 Å². The number of hydrogen-bond donors (Lipinski definition) is 0. The lowest BCUT2D eigenvalue weighted by molar-refractivity contribution is -0.242. The molecular formula is C12H18F5NO4S. The van der Waals surface area contributed by atoms with Crippen molar-refractivity contribution < 1.29 is 39.9 Å². The maximum absolute atomic E-state index is 13.2. The first kappa shape index (κ1) is 21.8. The average Bonchev–Trinajstić information content (AvgIpc) is 2.40. The Labute approximate surface area is 131 Å². The molecule has 0 rings (SSSR count). The van der Waals surface area contributed by atoms with Crippen LogP contribution in [-0.4, -0.2) is 49.8 Å². The van der Waals surface area contributed by atoms with Gasteiger partial charge in [0.15, 0.2) is 0 Å². The summed E-state index contributed by atoms with van der Waals surface area (Å²) in [5, 5.41) is -5.92. The van der Waals surface area contributed by atoms with Gasteiger partial charge in [0.1, 0.15) is 6.61 Å². The topological polar surface area (TPSA) is 63.7 Å². The van der Waals surface area contributed by atoms with Gasteiger partial charge in [0, 0.05) is 18.7 Å². The summed E-state index contributed by atoms with van der Waals surface area (Å²) >= 11 is 0. The van der Waals surface area contributed by atoms with E-state index in [9.17, 15) is 35.2 Å². The van der Waals surface area contributed by atoms with Crippen LogP contribution in [0.5, 0.6) is 0 Å². The van der Waals surface area contributed by atoms with E-state index in [1.54, 1.807) is 6.92 Å². The summed E-state index contributed by atoms with van der Waals surface area (Å²) in [4.78, 5) is 11.1. The summed E-state index contributed by atoms with van der Waals surface area (Å²) in [5.41, 5.74) is -0.0198. The Kier molecular flexibility index (Phi) is 7.61. The van der Waals surface area contributed by atoms with Crippen LogP contribution in [0.1, 0.15) is 26.7 Å². The second kappa shape index (κ2) is 8.04. The van der Waals surface area contributed by atoms with E-state index in [0.29, 0.717) is 6.42 Å². The van der Waals surface area contributed by atoms with E-state index in [0.717, 1.165) is 0 Å². The van der Waals surface area contributed by atoms with Gasteiger partial charge < -0.3 is 4.74 Å². The Morgan fingerprint density at radius 2 is 1.70 bits per heavy atom. The Hall–Kier alpha value is -1.23. The highest BCUT2D eigenvalue weighted by Gasteiger charge is 2.68. The first-order valence-electron chi connectivity index (χ1n) is 6.55. The molecule has 0 aromatic rings. The van der Waals surface area contributed by atoms with Crippen molar-refractivity contribution >= 4 is 16.0 Å². The van der Waals surface area contributed by atoms with Crippen molar-refractivity contribution in [3.8, 4) is 0 Å². The van der Waals surface area contributed by atoms with Crippen molar-refractivity contribution in [1.29, 1.82) is 0 Å². The van der Waals surface area contributed by atoms with Crippen LogP contribution >= 0.6 is 0 Å². The highest BCUT2D eigenvalue weighted by Crippen LogP contribution is 2.41. The molecule has 0 heterocycles. The Morgan fingerprint density at radius 3 is 2.09 bits per heavy atom. The summed E-state index contributed by atoms with van der Waals surface area (Å²) in [5.74, 6) is -0.902. The van der Waals surface area contributed by atoms with Crippen molar-refractivity contribution in [2.45, 2.75) is 38.1 Å². The van der Waals surface area contributed by atoms with Crippen LogP contribution in [0.25, 0.3) is 0 Å². The first-order valence-corrected chi connectivity index (χ1v) is 8.00. The number of unbranched alkanes of at least 4 members (excludes halogenated alkanes) is 1. The summed E-state index contributed by atoms with van der Waals surface area (Å²) in [7, 11) is -5.99. The lowest BCUT2D eigenvalue weighted by Crippen LogP contribution is -2.52. The van der Waals surface area contributed by atoms with E-state index in [1.165, 1.54) is 6.92 Å². The number of rotatable bonds is 9. The number of alkyl halides is 5. The van der Waals surface area contributed by atoms with Gasteiger partial charge in [0.05, 0.1) is 0 Å². The second-order valence-electron chi connectivity index (χ2n) is 4.69.